The highest BCUT2D eigenvalue weighted by Crippen LogP contribution is 2.38. The second-order valence-electron chi connectivity index (χ2n) is 4.17. The smallest absolute Gasteiger partial charge is 0.00554 e. The van der Waals surface area contributed by atoms with Crippen molar-refractivity contribution in [2.75, 3.05) is 0 Å². The summed E-state index contributed by atoms with van der Waals surface area (Å²) in [6.45, 7) is 0. The van der Waals surface area contributed by atoms with Crippen LogP contribution < -0.4 is 0 Å². The van der Waals surface area contributed by atoms with E-state index in [4.69, 9.17) is 0 Å². The summed E-state index contributed by atoms with van der Waals surface area (Å²) < 4.78 is 0. The number of allylic oxidation sites excluding steroid dienone is 4. The van der Waals surface area contributed by atoms with E-state index in [1.54, 1.807) is 0 Å². The molecular formula is C14H14. The summed E-state index contributed by atoms with van der Waals surface area (Å²) in [4.78, 5) is 0. The van der Waals surface area contributed by atoms with Gasteiger partial charge >= 0.3 is 0 Å². The Balaban J connectivity index is 2.22. The van der Waals surface area contributed by atoms with Crippen molar-refractivity contribution in [3.05, 3.63) is 59.7 Å². The highest BCUT2D eigenvalue weighted by Gasteiger charge is 2.21. The van der Waals surface area contributed by atoms with Crippen molar-refractivity contribution < 1.29 is 0 Å². The van der Waals surface area contributed by atoms with Crippen molar-refractivity contribution in [3.63, 3.8) is 0 Å². The van der Waals surface area contributed by atoms with Gasteiger partial charge in [-0.05, 0) is 24.0 Å². The van der Waals surface area contributed by atoms with E-state index in [-0.39, 0.29) is 0 Å². The average Bonchev–Trinajstić information content (AvgIpc) is 2.44. The van der Waals surface area contributed by atoms with E-state index < -0.39 is 0 Å². The van der Waals surface area contributed by atoms with E-state index in [9.17, 15) is 0 Å². The SMILES string of the molecule is C1=CC2CC=CC(C1)c1ccccc12. The van der Waals surface area contributed by atoms with E-state index in [0.717, 1.165) is 0 Å². The number of hydrogen-bond donors (Lipinski definition) is 0. The van der Waals surface area contributed by atoms with Gasteiger partial charge in [0.15, 0.2) is 0 Å². The Hall–Kier alpha value is -1.30. The van der Waals surface area contributed by atoms with Crippen molar-refractivity contribution in [1.82, 2.24) is 0 Å². The summed E-state index contributed by atoms with van der Waals surface area (Å²) in [7, 11) is 0. The molecule has 0 amide bonds. The molecule has 0 radical (unpaired) electrons. The Labute approximate surface area is 85.0 Å². The summed E-state index contributed by atoms with van der Waals surface area (Å²) >= 11 is 0. The van der Waals surface area contributed by atoms with Crippen LogP contribution in [0.15, 0.2) is 48.6 Å². The minimum atomic E-state index is 0.620. The van der Waals surface area contributed by atoms with Gasteiger partial charge in [0.25, 0.3) is 0 Å². The first-order valence-electron chi connectivity index (χ1n) is 5.37. The Morgan fingerprint density at radius 1 is 0.786 bits per heavy atom. The fourth-order valence-electron chi connectivity index (χ4n) is 2.58. The molecule has 0 nitrogen and oxygen atoms in total. The third-order valence-corrected chi connectivity index (χ3v) is 3.31. The van der Waals surface area contributed by atoms with Crippen molar-refractivity contribution in [1.29, 1.82) is 0 Å². The molecule has 2 aliphatic rings. The Kier molecular flexibility index (Phi) is 1.80. The van der Waals surface area contributed by atoms with Gasteiger partial charge in [-0.25, -0.2) is 0 Å². The van der Waals surface area contributed by atoms with Crippen molar-refractivity contribution in [2.45, 2.75) is 24.7 Å². The van der Waals surface area contributed by atoms with Gasteiger partial charge in [0, 0.05) is 11.8 Å². The average molecular weight is 182 g/mol. The zero-order chi connectivity index (χ0) is 9.38. The van der Waals surface area contributed by atoms with Gasteiger partial charge in [-0.3, -0.25) is 0 Å². The molecular weight excluding hydrogens is 168 g/mol. The highest BCUT2D eigenvalue weighted by atomic mass is 14.3. The lowest BCUT2D eigenvalue weighted by atomic mass is 9.90. The monoisotopic (exact) mass is 182 g/mol. The molecule has 2 unspecified atom stereocenters. The predicted octanol–water partition coefficient (Wildman–Crippen LogP) is 3.77. The molecule has 0 saturated heterocycles. The van der Waals surface area contributed by atoms with Crippen LogP contribution in [0.25, 0.3) is 0 Å². The minimum absolute atomic E-state index is 0.620. The van der Waals surface area contributed by atoms with Crippen LogP contribution in [0.2, 0.25) is 0 Å². The highest BCUT2D eigenvalue weighted by molar-refractivity contribution is 5.42. The molecule has 0 heteroatoms. The molecule has 2 atom stereocenters. The fraction of sp³-hybridized carbons (Fsp3) is 0.286. The van der Waals surface area contributed by atoms with Gasteiger partial charge in [-0.1, -0.05) is 48.6 Å². The molecule has 2 aliphatic carbocycles. The number of benzene rings is 1. The van der Waals surface area contributed by atoms with Gasteiger partial charge in [-0.15, -0.1) is 0 Å². The summed E-state index contributed by atoms with van der Waals surface area (Å²) in [5.41, 5.74) is 3.08. The molecule has 0 heterocycles. The van der Waals surface area contributed by atoms with Crippen molar-refractivity contribution in [3.8, 4) is 0 Å². The second kappa shape index (κ2) is 3.13. The summed E-state index contributed by atoms with van der Waals surface area (Å²) in [6.07, 6.45) is 11.8. The summed E-state index contributed by atoms with van der Waals surface area (Å²) in [5.74, 6) is 1.24. The fourth-order valence-corrected chi connectivity index (χ4v) is 2.58. The van der Waals surface area contributed by atoms with Crippen LogP contribution in [0.1, 0.15) is 35.8 Å². The molecule has 0 saturated carbocycles. The minimum Gasteiger partial charge on any atom is -0.0870 e. The lowest BCUT2D eigenvalue weighted by molar-refractivity contribution is 0.865. The van der Waals surface area contributed by atoms with Crippen LogP contribution in [-0.2, 0) is 0 Å². The first-order chi connectivity index (χ1) is 6.95. The molecule has 70 valence electrons. The normalized spacial score (nSPS) is 28.3. The molecule has 14 heavy (non-hydrogen) atoms. The molecule has 2 bridgehead atoms. The Morgan fingerprint density at radius 3 is 1.79 bits per heavy atom. The van der Waals surface area contributed by atoms with Crippen LogP contribution in [-0.4, -0.2) is 0 Å². The van der Waals surface area contributed by atoms with Gasteiger partial charge in [0.2, 0.25) is 0 Å². The zero-order valence-corrected chi connectivity index (χ0v) is 8.19. The van der Waals surface area contributed by atoms with Gasteiger partial charge < -0.3 is 0 Å². The summed E-state index contributed by atoms with van der Waals surface area (Å²) in [6, 6.07) is 8.89. The van der Waals surface area contributed by atoms with E-state index in [0.29, 0.717) is 11.8 Å². The van der Waals surface area contributed by atoms with Crippen LogP contribution in [0.4, 0.5) is 0 Å². The first-order valence-corrected chi connectivity index (χ1v) is 5.37. The van der Waals surface area contributed by atoms with E-state index in [1.807, 2.05) is 0 Å². The lowest BCUT2D eigenvalue weighted by Gasteiger charge is -2.14. The maximum Gasteiger partial charge on any atom is 0.00554 e. The van der Waals surface area contributed by atoms with Crippen molar-refractivity contribution in [2.24, 2.45) is 0 Å². The third-order valence-electron chi connectivity index (χ3n) is 3.31. The lowest BCUT2D eigenvalue weighted by Crippen LogP contribution is -1.97. The van der Waals surface area contributed by atoms with Gasteiger partial charge in [-0.2, -0.15) is 0 Å². The predicted molar refractivity (Wildman–Crippen MR) is 59.4 cm³/mol. The van der Waals surface area contributed by atoms with E-state index in [1.165, 1.54) is 24.0 Å². The van der Waals surface area contributed by atoms with Crippen LogP contribution in [0.5, 0.6) is 0 Å². The van der Waals surface area contributed by atoms with Crippen LogP contribution >= 0.6 is 0 Å². The van der Waals surface area contributed by atoms with Crippen LogP contribution in [0.3, 0.4) is 0 Å². The molecule has 3 rings (SSSR count). The molecule has 1 aromatic rings. The largest absolute Gasteiger partial charge is 0.0870 e. The maximum atomic E-state index is 2.38. The number of hydrogen-bond acceptors (Lipinski definition) is 0. The van der Waals surface area contributed by atoms with Gasteiger partial charge in [0.1, 0.15) is 0 Å². The quantitative estimate of drug-likeness (QED) is 0.536. The second-order valence-corrected chi connectivity index (χ2v) is 4.17. The molecule has 0 aliphatic heterocycles. The number of rotatable bonds is 0. The molecule has 0 N–H and O–H groups in total. The van der Waals surface area contributed by atoms with Crippen LogP contribution in [0, 0.1) is 0 Å². The first kappa shape index (κ1) is 8.05. The van der Waals surface area contributed by atoms with E-state index in [2.05, 4.69) is 48.6 Å². The Morgan fingerprint density at radius 2 is 1.29 bits per heavy atom. The summed E-state index contributed by atoms with van der Waals surface area (Å²) in [5, 5.41) is 0. The zero-order valence-electron chi connectivity index (χ0n) is 8.19. The molecule has 0 spiro atoms. The topological polar surface area (TPSA) is 0 Å². The third kappa shape index (κ3) is 1.14. The maximum absolute atomic E-state index is 2.38. The van der Waals surface area contributed by atoms with E-state index >= 15 is 0 Å². The standard InChI is InChI=1S/C14H14/c1-2-10-14-12-7-3-5-11(6-4-8-12)13(14)9-1/h1-5,8-12H,6-7H2. The van der Waals surface area contributed by atoms with Gasteiger partial charge in [0.05, 0.1) is 0 Å². The molecule has 1 aromatic carbocycles. The molecule has 0 fully saturated rings. The molecule has 0 aromatic heterocycles. The van der Waals surface area contributed by atoms with Crippen molar-refractivity contribution >= 4 is 0 Å². The Bertz CT molecular complexity index is 359.